The Morgan fingerprint density at radius 1 is 0.969 bits per heavy atom. The number of rotatable bonds is 11. The molecule has 3 unspecified atom stereocenters. The number of halogens is 2. The van der Waals surface area contributed by atoms with Crippen LogP contribution in [-0.2, 0) is 23.7 Å². The molecule has 0 amide bonds. The first kappa shape index (κ1) is 56.2. The van der Waals surface area contributed by atoms with Crippen LogP contribution in [0.5, 0.6) is 0 Å². The normalized spacial score (nSPS) is 41.9. The molecule has 65 heavy (non-hydrogen) atoms. The molecule has 3 aliphatic rings. The zero-order valence-corrected chi connectivity index (χ0v) is 43.4. The van der Waals surface area contributed by atoms with Crippen molar-refractivity contribution in [3.63, 3.8) is 0 Å². The third-order valence-electron chi connectivity index (χ3n) is 15.3. The number of cyclic esters (lactones) is 1. The molecule has 4 rings (SSSR count). The van der Waals surface area contributed by atoms with Crippen molar-refractivity contribution >= 4 is 52.2 Å². The maximum absolute atomic E-state index is 14.2. The minimum Gasteiger partial charge on any atom is -0.459 e. The fourth-order valence-electron chi connectivity index (χ4n) is 11.0. The molecule has 3 fully saturated rings. The topological polar surface area (TPSA) is 186 Å². The molecule has 14 nitrogen and oxygen atoms in total. The number of thiocarbonyl (C=S) groups is 1. The number of nitrogens with zero attached hydrogens (tertiary/aromatic N) is 2. The van der Waals surface area contributed by atoms with Crippen molar-refractivity contribution in [1.29, 1.82) is 0 Å². The monoisotopic (exact) mass is 977 g/mol. The van der Waals surface area contributed by atoms with Gasteiger partial charge in [0.15, 0.2) is 5.11 Å². The predicted octanol–water partition coefficient (Wildman–Crippen LogP) is 5.89. The van der Waals surface area contributed by atoms with Gasteiger partial charge in [-0.05, 0) is 128 Å². The highest BCUT2D eigenvalue weighted by Crippen LogP contribution is 2.47. The van der Waals surface area contributed by atoms with Crippen molar-refractivity contribution in [1.82, 2.24) is 15.1 Å². The predicted molar refractivity (Wildman–Crippen MR) is 260 cm³/mol. The molecule has 0 saturated carbocycles. The molecule has 18 atom stereocenters. The Labute approximate surface area is 404 Å². The number of methoxy groups -OCH3 is 1. The molecule has 0 aliphatic carbocycles. The number of anilines is 1. The van der Waals surface area contributed by atoms with E-state index in [9.17, 15) is 30.3 Å². The first-order valence-corrected chi connectivity index (χ1v) is 24.8. The summed E-state index contributed by atoms with van der Waals surface area (Å²) >= 11 is 18.1. The summed E-state index contributed by atoms with van der Waals surface area (Å²) < 4.78 is 25.2. The van der Waals surface area contributed by atoms with Gasteiger partial charge in [0.05, 0.1) is 47.6 Å². The number of aliphatic hydroxyl groups is 5. The molecule has 374 valence electrons. The summed E-state index contributed by atoms with van der Waals surface area (Å²) in [6.45, 7) is 19.8. The number of ether oxygens (including phenoxy) is 4. The van der Waals surface area contributed by atoms with Gasteiger partial charge in [0, 0.05) is 67.4 Å². The van der Waals surface area contributed by atoms with Gasteiger partial charge in [-0.3, -0.25) is 9.69 Å². The highest BCUT2D eigenvalue weighted by atomic mass is 35.5. The van der Waals surface area contributed by atoms with Gasteiger partial charge in [0.1, 0.15) is 23.9 Å². The molecule has 0 radical (unpaired) electrons. The summed E-state index contributed by atoms with van der Waals surface area (Å²) in [6.07, 6.45) is -4.11. The summed E-state index contributed by atoms with van der Waals surface area (Å²) in [6, 6.07) is 4.17. The largest absolute Gasteiger partial charge is 0.459 e. The summed E-state index contributed by atoms with van der Waals surface area (Å²) in [5.74, 6) is -2.61. The van der Waals surface area contributed by atoms with Crippen molar-refractivity contribution in [2.75, 3.05) is 46.2 Å². The van der Waals surface area contributed by atoms with E-state index in [1.54, 1.807) is 25.3 Å². The van der Waals surface area contributed by atoms with Gasteiger partial charge in [0.2, 0.25) is 0 Å². The number of aliphatic hydroxyl groups excluding tert-OH is 3. The van der Waals surface area contributed by atoms with E-state index in [1.807, 2.05) is 67.5 Å². The lowest BCUT2D eigenvalue weighted by atomic mass is 9.63. The van der Waals surface area contributed by atoms with Gasteiger partial charge in [-0.15, -0.1) is 0 Å². The zero-order valence-electron chi connectivity index (χ0n) is 41.1. The number of hydrogen-bond donors (Lipinski definition) is 7. The molecule has 3 heterocycles. The second-order valence-corrected chi connectivity index (χ2v) is 21.9. The van der Waals surface area contributed by atoms with E-state index in [4.69, 9.17) is 54.4 Å². The van der Waals surface area contributed by atoms with Crippen molar-refractivity contribution in [2.45, 2.75) is 185 Å². The van der Waals surface area contributed by atoms with Crippen molar-refractivity contribution < 1.29 is 49.3 Å². The van der Waals surface area contributed by atoms with Crippen LogP contribution in [0.3, 0.4) is 0 Å². The molecular weight excluding hydrogens is 896 g/mol. The van der Waals surface area contributed by atoms with E-state index in [0.717, 1.165) is 0 Å². The second-order valence-electron chi connectivity index (χ2n) is 20.6. The number of benzene rings is 1. The highest BCUT2D eigenvalue weighted by molar-refractivity contribution is 7.80. The van der Waals surface area contributed by atoms with Crippen LogP contribution in [0.25, 0.3) is 0 Å². The number of hydrogen-bond acceptors (Lipinski definition) is 13. The average Bonchev–Trinajstić information content (AvgIpc) is 3.22. The molecule has 0 bridgehead atoms. The lowest BCUT2D eigenvalue weighted by Gasteiger charge is -2.51. The van der Waals surface area contributed by atoms with Crippen LogP contribution in [0, 0.1) is 29.6 Å². The number of esters is 1. The Morgan fingerprint density at radius 2 is 1.60 bits per heavy atom. The van der Waals surface area contributed by atoms with Crippen LogP contribution in [0.15, 0.2) is 18.2 Å². The van der Waals surface area contributed by atoms with Gasteiger partial charge in [-0.1, -0.05) is 57.8 Å². The summed E-state index contributed by atoms with van der Waals surface area (Å²) in [7, 11) is 5.46. The van der Waals surface area contributed by atoms with E-state index in [1.165, 1.54) is 6.92 Å². The Bertz CT molecular complexity index is 1700. The van der Waals surface area contributed by atoms with Crippen LogP contribution in [-0.4, -0.2) is 165 Å². The molecule has 17 heteroatoms. The fraction of sp³-hybridized carbons (Fsp3) is 0.833. The molecule has 1 aromatic carbocycles. The van der Waals surface area contributed by atoms with Gasteiger partial charge in [-0.2, -0.15) is 0 Å². The second kappa shape index (κ2) is 23.4. The quantitative estimate of drug-likeness (QED) is 0.103. The summed E-state index contributed by atoms with van der Waals surface area (Å²) in [5, 5.41) is 68.8. The summed E-state index contributed by atoms with van der Waals surface area (Å²) in [5.41, 5.74) is -3.63. The van der Waals surface area contributed by atoms with Crippen LogP contribution < -0.4 is 10.6 Å². The molecule has 7 N–H and O–H groups in total. The van der Waals surface area contributed by atoms with E-state index in [-0.39, 0.29) is 49.2 Å². The Morgan fingerprint density at radius 3 is 2.18 bits per heavy atom. The van der Waals surface area contributed by atoms with Gasteiger partial charge < -0.3 is 60.0 Å². The molecule has 3 aliphatic heterocycles. The Balaban J connectivity index is 1.82. The molecule has 3 saturated heterocycles. The molecule has 1 aromatic rings. The summed E-state index contributed by atoms with van der Waals surface area (Å²) in [4.78, 5) is 18.3. The zero-order chi connectivity index (χ0) is 48.9. The molecule has 0 aromatic heterocycles. The number of likely N-dealkylation sites (N-methyl/N-ethyl adjacent to an activating group) is 1. The van der Waals surface area contributed by atoms with Gasteiger partial charge in [0.25, 0.3) is 0 Å². The van der Waals surface area contributed by atoms with Crippen molar-refractivity contribution in [3.05, 3.63) is 28.2 Å². The highest BCUT2D eigenvalue weighted by Gasteiger charge is 2.53. The Kier molecular flexibility index (Phi) is 20.3. The van der Waals surface area contributed by atoms with E-state index in [2.05, 4.69) is 29.4 Å². The lowest BCUT2D eigenvalue weighted by Crippen LogP contribution is -2.60. The maximum Gasteiger partial charge on any atom is 0.309 e. The van der Waals surface area contributed by atoms with E-state index in [0.29, 0.717) is 59.7 Å². The van der Waals surface area contributed by atoms with Crippen LogP contribution in [0.2, 0.25) is 10.0 Å². The van der Waals surface area contributed by atoms with Crippen LogP contribution >= 0.6 is 35.4 Å². The van der Waals surface area contributed by atoms with E-state index < -0.39 is 83.4 Å². The Hall–Kier alpha value is -1.44. The smallest absolute Gasteiger partial charge is 0.309 e. The van der Waals surface area contributed by atoms with E-state index >= 15 is 0 Å². The number of carbonyl (C=O) groups excluding carboxylic acids is 1. The fourth-order valence-corrected chi connectivity index (χ4v) is 11.8. The third-order valence-corrected chi connectivity index (χ3v) is 16.0. The minimum absolute atomic E-state index is 0.0972. The molecule has 0 spiro atoms. The number of carbonyl (C=O) groups is 1. The van der Waals surface area contributed by atoms with Crippen LogP contribution in [0.1, 0.15) is 108 Å². The standard InChI is InChI=1S/C48H82Cl2N4O10S/c1-14-40-47(10,59)42(56)31(7)54(16-15-51-45(65)52-35-19-33(49)18-34(50)20-35)25-26(2)22-48(60,24-39-41(55)38(53(11)12)17-27(3)62-39)37(29(5)28(4)30(6)44(58)64-40)21-36-23-46(9,61-13)43(57)32(8)63-36/h18-20,26-32,36-43,55-57,59-60H,14-17,21-25H2,1-13H3,(H2,51,52,65)/t26-,27+,28+,29+,30+,31+,32-,36+,37-,38-,39-,40-,41-,42+,43+,46?,47?,48?/m0/s1. The number of nitrogens with one attached hydrogen (secondary N) is 2. The van der Waals surface area contributed by atoms with Crippen molar-refractivity contribution in [2.24, 2.45) is 29.6 Å². The first-order valence-electron chi connectivity index (χ1n) is 23.6. The third kappa shape index (κ3) is 13.9. The van der Waals surface area contributed by atoms with Gasteiger partial charge >= 0.3 is 5.97 Å². The van der Waals surface area contributed by atoms with Crippen molar-refractivity contribution in [3.8, 4) is 0 Å². The average molecular weight is 978 g/mol. The first-order chi connectivity index (χ1) is 30.2. The van der Waals surface area contributed by atoms with Crippen LogP contribution in [0.4, 0.5) is 5.69 Å². The van der Waals surface area contributed by atoms with Gasteiger partial charge in [-0.25, -0.2) is 0 Å². The SMILES string of the molecule is CC[C@@H]1OC(=O)[C@H](C)[C@H](C)[C@@H](C)[C@H](C[C@@H]2CC(C)(OC)[C@H](O)[C@H](C)O2)C(O)(C[C@@H]2O[C@H](C)C[C@H](N(C)C)[C@@H]2O)C[C@H](C)CN(CCNC(=S)Nc2cc(Cl)cc(Cl)c2)[C@H](C)[C@@H](O)C1(C)O. The maximum atomic E-state index is 14.2. The molecular formula is C48H82Cl2N4O10S. The minimum atomic E-state index is -1.83. The lowest BCUT2D eigenvalue weighted by molar-refractivity contribution is -0.226.